The second kappa shape index (κ2) is 5.46. The molecule has 1 aromatic carbocycles. The minimum atomic E-state index is -0.380. The molecular weight excluding hydrogens is 208 g/mol. The van der Waals surface area contributed by atoms with Crippen LogP contribution in [0.15, 0.2) is 18.2 Å². The second-order valence-corrected chi connectivity index (χ2v) is 3.78. The Morgan fingerprint density at radius 2 is 2.25 bits per heavy atom. The standard InChI is InChI=1S/C11H16N2O3/c1-8-4-5-10(11(6-8)13(14)15)12-9(2)7-16-3/h4-6,9,12H,7H2,1-3H3. The zero-order valence-electron chi connectivity index (χ0n) is 9.69. The Morgan fingerprint density at radius 1 is 1.56 bits per heavy atom. The lowest BCUT2D eigenvalue weighted by Crippen LogP contribution is -2.21. The van der Waals surface area contributed by atoms with Gasteiger partial charge >= 0.3 is 0 Å². The van der Waals surface area contributed by atoms with Crippen LogP contribution in [0, 0.1) is 17.0 Å². The summed E-state index contributed by atoms with van der Waals surface area (Å²) in [5, 5.41) is 13.9. The molecule has 0 saturated heterocycles. The molecule has 0 fully saturated rings. The molecule has 0 aliphatic rings. The number of nitro benzene ring substituents is 1. The third-order valence-electron chi connectivity index (χ3n) is 2.17. The number of hydrogen-bond donors (Lipinski definition) is 1. The monoisotopic (exact) mass is 224 g/mol. The van der Waals surface area contributed by atoms with Crippen LogP contribution in [-0.2, 0) is 4.74 Å². The number of aryl methyl sites for hydroxylation is 1. The Hall–Kier alpha value is -1.62. The van der Waals surface area contributed by atoms with E-state index in [1.807, 2.05) is 19.9 Å². The van der Waals surface area contributed by atoms with Gasteiger partial charge in [-0.3, -0.25) is 10.1 Å². The second-order valence-electron chi connectivity index (χ2n) is 3.78. The summed E-state index contributed by atoms with van der Waals surface area (Å²) in [6.07, 6.45) is 0. The van der Waals surface area contributed by atoms with Crippen LogP contribution in [0.3, 0.4) is 0 Å². The summed E-state index contributed by atoms with van der Waals surface area (Å²) < 4.78 is 4.97. The Kier molecular flexibility index (Phi) is 4.25. The van der Waals surface area contributed by atoms with E-state index in [0.717, 1.165) is 5.56 Å². The molecule has 16 heavy (non-hydrogen) atoms. The minimum absolute atomic E-state index is 0.0337. The van der Waals surface area contributed by atoms with Gasteiger partial charge in [-0.05, 0) is 25.5 Å². The largest absolute Gasteiger partial charge is 0.383 e. The molecule has 0 aromatic heterocycles. The number of methoxy groups -OCH3 is 1. The summed E-state index contributed by atoms with van der Waals surface area (Å²) in [6, 6.07) is 5.16. The highest BCUT2D eigenvalue weighted by molar-refractivity contribution is 5.62. The highest BCUT2D eigenvalue weighted by Gasteiger charge is 2.15. The lowest BCUT2D eigenvalue weighted by atomic mass is 10.2. The van der Waals surface area contributed by atoms with Gasteiger partial charge < -0.3 is 10.1 Å². The first-order chi connectivity index (χ1) is 7.54. The maximum Gasteiger partial charge on any atom is 0.292 e. The maximum absolute atomic E-state index is 10.8. The number of rotatable bonds is 5. The Morgan fingerprint density at radius 3 is 2.81 bits per heavy atom. The number of nitrogens with zero attached hydrogens (tertiary/aromatic N) is 1. The quantitative estimate of drug-likeness (QED) is 0.616. The SMILES string of the molecule is COCC(C)Nc1ccc(C)cc1[N+](=O)[O-]. The zero-order valence-corrected chi connectivity index (χ0v) is 9.69. The zero-order chi connectivity index (χ0) is 12.1. The number of hydrogen-bond acceptors (Lipinski definition) is 4. The highest BCUT2D eigenvalue weighted by atomic mass is 16.6. The van der Waals surface area contributed by atoms with Crippen molar-refractivity contribution < 1.29 is 9.66 Å². The van der Waals surface area contributed by atoms with Crippen molar-refractivity contribution in [3.8, 4) is 0 Å². The van der Waals surface area contributed by atoms with Gasteiger partial charge in [0.1, 0.15) is 5.69 Å². The fourth-order valence-corrected chi connectivity index (χ4v) is 1.47. The van der Waals surface area contributed by atoms with Gasteiger partial charge in [0.2, 0.25) is 0 Å². The van der Waals surface area contributed by atoms with Crippen LogP contribution in [0.4, 0.5) is 11.4 Å². The van der Waals surface area contributed by atoms with E-state index in [1.165, 1.54) is 0 Å². The van der Waals surface area contributed by atoms with E-state index >= 15 is 0 Å². The molecule has 0 amide bonds. The van der Waals surface area contributed by atoms with Crippen molar-refractivity contribution in [1.82, 2.24) is 0 Å². The van der Waals surface area contributed by atoms with E-state index in [0.29, 0.717) is 12.3 Å². The molecule has 0 aliphatic heterocycles. The molecule has 0 bridgehead atoms. The number of nitro groups is 1. The molecule has 0 heterocycles. The summed E-state index contributed by atoms with van der Waals surface area (Å²) in [4.78, 5) is 10.5. The van der Waals surface area contributed by atoms with Crippen molar-refractivity contribution in [3.05, 3.63) is 33.9 Å². The van der Waals surface area contributed by atoms with Crippen LogP contribution in [0.25, 0.3) is 0 Å². The molecule has 1 unspecified atom stereocenters. The molecule has 88 valence electrons. The number of benzene rings is 1. The average molecular weight is 224 g/mol. The third-order valence-corrected chi connectivity index (χ3v) is 2.17. The number of ether oxygens (including phenoxy) is 1. The van der Waals surface area contributed by atoms with Crippen LogP contribution in [0.2, 0.25) is 0 Å². The molecule has 0 spiro atoms. The minimum Gasteiger partial charge on any atom is -0.383 e. The van der Waals surface area contributed by atoms with Crippen molar-refractivity contribution in [2.75, 3.05) is 19.0 Å². The van der Waals surface area contributed by atoms with Crippen LogP contribution in [0.1, 0.15) is 12.5 Å². The summed E-state index contributed by atoms with van der Waals surface area (Å²) in [5.74, 6) is 0. The fourth-order valence-electron chi connectivity index (χ4n) is 1.47. The van der Waals surface area contributed by atoms with E-state index in [9.17, 15) is 10.1 Å². The van der Waals surface area contributed by atoms with Crippen molar-refractivity contribution in [2.45, 2.75) is 19.9 Å². The van der Waals surface area contributed by atoms with Gasteiger partial charge in [0.25, 0.3) is 5.69 Å². The lowest BCUT2D eigenvalue weighted by molar-refractivity contribution is -0.384. The average Bonchev–Trinajstić information content (AvgIpc) is 2.20. The summed E-state index contributed by atoms with van der Waals surface area (Å²) >= 11 is 0. The predicted molar refractivity (Wildman–Crippen MR) is 62.8 cm³/mol. The van der Waals surface area contributed by atoms with Crippen LogP contribution in [0.5, 0.6) is 0 Å². The van der Waals surface area contributed by atoms with E-state index in [2.05, 4.69) is 5.32 Å². The van der Waals surface area contributed by atoms with Gasteiger partial charge in [0.15, 0.2) is 0 Å². The van der Waals surface area contributed by atoms with Gasteiger partial charge in [-0.15, -0.1) is 0 Å². The highest BCUT2D eigenvalue weighted by Crippen LogP contribution is 2.25. The van der Waals surface area contributed by atoms with Gasteiger partial charge in [-0.25, -0.2) is 0 Å². The van der Waals surface area contributed by atoms with Crippen molar-refractivity contribution in [3.63, 3.8) is 0 Å². The molecule has 0 aliphatic carbocycles. The third kappa shape index (κ3) is 3.20. The van der Waals surface area contributed by atoms with Crippen molar-refractivity contribution in [2.24, 2.45) is 0 Å². The Bertz CT molecular complexity index is 379. The summed E-state index contributed by atoms with van der Waals surface area (Å²) in [7, 11) is 1.60. The van der Waals surface area contributed by atoms with E-state index < -0.39 is 0 Å². The first-order valence-electron chi connectivity index (χ1n) is 5.05. The molecule has 0 saturated carbocycles. The molecular formula is C11H16N2O3. The van der Waals surface area contributed by atoms with Crippen LogP contribution >= 0.6 is 0 Å². The van der Waals surface area contributed by atoms with Gasteiger partial charge in [-0.1, -0.05) is 6.07 Å². The molecule has 1 N–H and O–H groups in total. The number of anilines is 1. The molecule has 1 atom stereocenters. The van der Waals surface area contributed by atoms with Crippen LogP contribution < -0.4 is 5.32 Å². The summed E-state index contributed by atoms with van der Waals surface area (Å²) in [6.45, 7) is 4.24. The molecule has 1 rings (SSSR count). The lowest BCUT2D eigenvalue weighted by Gasteiger charge is -2.14. The Labute approximate surface area is 94.6 Å². The predicted octanol–water partition coefficient (Wildman–Crippen LogP) is 2.35. The van der Waals surface area contributed by atoms with E-state index in [-0.39, 0.29) is 16.7 Å². The molecule has 1 aromatic rings. The molecule has 5 nitrogen and oxygen atoms in total. The summed E-state index contributed by atoms with van der Waals surface area (Å²) in [5.41, 5.74) is 1.50. The van der Waals surface area contributed by atoms with Gasteiger partial charge in [0, 0.05) is 19.2 Å². The first-order valence-corrected chi connectivity index (χ1v) is 5.05. The van der Waals surface area contributed by atoms with Crippen LogP contribution in [-0.4, -0.2) is 24.7 Å². The Balaban J connectivity index is 2.90. The van der Waals surface area contributed by atoms with Gasteiger partial charge in [-0.2, -0.15) is 0 Å². The first kappa shape index (κ1) is 12.4. The van der Waals surface area contributed by atoms with E-state index in [1.54, 1.807) is 19.2 Å². The smallest absolute Gasteiger partial charge is 0.292 e. The van der Waals surface area contributed by atoms with Crippen molar-refractivity contribution >= 4 is 11.4 Å². The fraction of sp³-hybridized carbons (Fsp3) is 0.455. The number of nitrogens with one attached hydrogen (secondary N) is 1. The molecule has 0 radical (unpaired) electrons. The molecule has 5 heteroatoms. The van der Waals surface area contributed by atoms with E-state index in [4.69, 9.17) is 4.74 Å². The normalized spacial score (nSPS) is 12.2. The van der Waals surface area contributed by atoms with Crippen molar-refractivity contribution in [1.29, 1.82) is 0 Å². The topological polar surface area (TPSA) is 64.4 Å². The van der Waals surface area contributed by atoms with Gasteiger partial charge in [0.05, 0.1) is 11.5 Å². The maximum atomic E-state index is 10.8.